The van der Waals surface area contributed by atoms with Crippen molar-refractivity contribution >= 4 is 17.2 Å². The highest BCUT2D eigenvalue weighted by Gasteiger charge is 2.18. The first-order valence-corrected chi connectivity index (χ1v) is 8.91. The van der Waals surface area contributed by atoms with E-state index in [-0.39, 0.29) is 0 Å². The van der Waals surface area contributed by atoms with E-state index in [1.165, 1.54) is 0 Å². The molecule has 138 valence electrons. The number of pyridine rings is 1. The van der Waals surface area contributed by atoms with Gasteiger partial charge in [0.2, 0.25) is 0 Å². The van der Waals surface area contributed by atoms with Crippen LogP contribution in [0.4, 0.5) is 5.69 Å². The Labute approximate surface area is 160 Å². The molecule has 2 heterocycles. The smallest absolute Gasteiger partial charge is 0.154 e. The van der Waals surface area contributed by atoms with Gasteiger partial charge >= 0.3 is 0 Å². The van der Waals surface area contributed by atoms with Gasteiger partial charge in [0.1, 0.15) is 5.75 Å². The zero-order valence-electron chi connectivity index (χ0n) is 15.9. The van der Waals surface area contributed by atoms with Crippen molar-refractivity contribution in [1.82, 2.24) is 9.88 Å². The molecule has 1 aliphatic rings. The Bertz CT molecular complexity index is 913. The number of hydrogen-bond acceptors (Lipinski definition) is 5. The van der Waals surface area contributed by atoms with E-state index in [0.29, 0.717) is 5.84 Å². The van der Waals surface area contributed by atoms with Gasteiger partial charge in [-0.15, -0.1) is 0 Å². The molecule has 1 aromatic carbocycles. The molecule has 0 spiro atoms. The Morgan fingerprint density at radius 3 is 2.81 bits per heavy atom. The van der Waals surface area contributed by atoms with Gasteiger partial charge in [-0.1, -0.05) is 19.6 Å². The Kier molecular flexibility index (Phi) is 5.71. The summed E-state index contributed by atoms with van der Waals surface area (Å²) in [5.41, 5.74) is 4.62. The second-order valence-corrected chi connectivity index (χ2v) is 6.06. The van der Waals surface area contributed by atoms with Gasteiger partial charge in [-0.2, -0.15) is 0 Å². The van der Waals surface area contributed by atoms with Gasteiger partial charge < -0.3 is 15.0 Å². The van der Waals surface area contributed by atoms with E-state index in [2.05, 4.69) is 29.9 Å². The molecule has 0 fully saturated rings. The quantitative estimate of drug-likeness (QED) is 0.830. The fraction of sp³-hybridized carbons (Fsp3) is 0.182. The molecule has 1 aliphatic heterocycles. The summed E-state index contributed by atoms with van der Waals surface area (Å²) in [7, 11) is 1.69. The van der Waals surface area contributed by atoms with Gasteiger partial charge in [-0.25, -0.2) is 4.99 Å². The molecule has 5 nitrogen and oxygen atoms in total. The maximum Gasteiger partial charge on any atom is 0.154 e. The van der Waals surface area contributed by atoms with E-state index in [1.54, 1.807) is 19.5 Å². The summed E-state index contributed by atoms with van der Waals surface area (Å²) in [6.07, 6.45) is 10.3. The van der Waals surface area contributed by atoms with E-state index >= 15 is 0 Å². The number of aromatic nitrogens is 1. The van der Waals surface area contributed by atoms with Crippen LogP contribution < -0.4 is 10.1 Å². The van der Waals surface area contributed by atoms with Gasteiger partial charge in [-0.05, 0) is 49.2 Å². The number of benzene rings is 1. The Morgan fingerprint density at radius 1 is 1.30 bits per heavy atom. The van der Waals surface area contributed by atoms with Crippen molar-refractivity contribution in [2.24, 2.45) is 4.99 Å². The summed E-state index contributed by atoms with van der Waals surface area (Å²) in [6, 6.07) is 9.92. The fourth-order valence-electron chi connectivity index (χ4n) is 2.86. The summed E-state index contributed by atoms with van der Waals surface area (Å²) in [4.78, 5) is 10.9. The first kappa shape index (κ1) is 18.5. The number of anilines is 1. The standard InChI is InChI=1S/C22H24N4O/c1-5-12-26-15-20(18-8-7-11-23-14-18)25-22(16(26)3)24-19-9-10-21(27-4)17(6-2)13-19/h5,7-15H,3,6H2,1-2,4H3,(H,24,25)/b12-5-. The van der Waals surface area contributed by atoms with Crippen LogP contribution in [0.5, 0.6) is 5.75 Å². The molecule has 2 aromatic rings. The van der Waals surface area contributed by atoms with E-state index < -0.39 is 0 Å². The van der Waals surface area contributed by atoms with Crippen LogP contribution in [0.1, 0.15) is 25.0 Å². The molecule has 0 atom stereocenters. The maximum atomic E-state index is 5.42. The normalized spacial score (nSPS) is 14.2. The predicted octanol–water partition coefficient (Wildman–Crippen LogP) is 4.82. The zero-order valence-corrected chi connectivity index (χ0v) is 15.9. The Hall–Kier alpha value is -3.34. The van der Waals surface area contributed by atoms with Gasteiger partial charge in [0.25, 0.3) is 0 Å². The van der Waals surface area contributed by atoms with Crippen LogP contribution in [-0.4, -0.2) is 22.8 Å². The highest BCUT2D eigenvalue weighted by molar-refractivity contribution is 6.10. The van der Waals surface area contributed by atoms with Crippen LogP contribution in [0.25, 0.3) is 5.70 Å². The largest absolute Gasteiger partial charge is 0.496 e. The molecule has 0 unspecified atom stereocenters. The summed E-state index contributed by atoms with van der Waals surface area (Å²) in [6.45, 7) is 8.27. The molecule has 5 heteroatoms. The molecule has 1 N–H and O–H groups in total. The first-order valence-electron chi connectivity index (χ1n) is 8.91. The highest BCUT2D eigenvalue weighted by atomic mass is 16.5. The Morgan fingerprint density at radius 2 is 2.15 bits per heavy atom. The second-order valence-electron chi connectivity index (χ2n) is 6.06. The van der Waals surface area contributed by atoms with Gasteiger partial charge in [-0.3, -0.25) is 4.98 Å². The molecule has 0 amide bonds. The summed E-state index contributed by atoms with van der Waals surface area (Å²) < 4.78 is 5.42. The van der Waals surface area contributed by atoms with E-state index in [0.717, 1.165) is 40.4 Å². The van der Waals surface area contributed by atoms with Crippen LogP contribution in [0.15, 0.2) is 78.5 Å². The highest BCUT2D eigenvalue weighted by Crippen LogP contribution is 2.27. The van der Waals surface area contributed by atoms with Crippen molar-refractivity contribution in [2.75, 3.05) is 12.4 Å². The zero-order chi connectivity index (χ0) is 19.2. The Balaban J connectivity index is 1.96. The number of methoxy groups -OCH3 is 1. The number of rotatable bonds is 5. The van der Waals surface area contributed by atoms with Crippen LogP contribution >= 0.6 is 0 Å². The minimum Gasteiger partial charge on any atom is -0.496 e. The lowest BCUT2D eigenvalue weighted by Crippen LogP contribution is -2.26. The minimum atomic E-state index is 0.696. The molecular weight excluding hydrogens is 336 g/mol. The van der Waals surface area contributed by atoms with Crippen molar-refractivity contribution in [3.8, 4) is 5.75 Å². The van der Waals surface area contributed by atoms with E-state index in [4.69, 9.17) is 9.73 Å². The number of allylic oxidation sites excluding steroid dienone is 1. The number of ether oxygens (including phenoxy) is 1. The van der Waals surface area contributed by atoms with Gasteiger partial charge in [0.05, 0.1) is 18.5 Å². The average molecular weight is 360 g/mol. The number of aliphatic imine (C=N–C) groups is 1. The summed E-state index contributed by atoms with van der Waals surface area (Å²) >= 11 is 0. The molecule has 3 rings (SSSR count). The molecule has 0 radical (unpaired) electrons. The number of nitrogens with zero attached hydrogens (tertiary/aromatic N) is 3. The number of nitrogens with one attached hydrogen (secondary N) is 1. The average Bonchev–Trinajstić information content (AvgIpc) is 2.71. The lowest BCUT2D eigenvalue weighted by atomic mass is 10.1. The maximum absolute atomic E-state index is 5.42. The SMILES string of the molecule is C=C1C(Nc2ccc(OC)c(CC)c2)=NC(c2cccnc2)=CN1/C=C\C. The predicted molar refractivity (Wildman–Crippen MR) is 111 cm³/mol. The van der Waals surface area contributed by atoms with Gasteiger partial charge in [0.15, 0.2) is 5.84 Å². The third kappa shape index (κ3) is 4.08. The van der Waals surface area contributed by atoms with Gasteiger partial charge in [0, 0.05) is 36.0 Å². The van der Waals surface area contributed by atoms with Crippen LogP contribution in [0.2, 0.25) is 0 Å². The molecule has 0 saturated heterocycles. The fourth-order valence-corrected chi connectivity index (χ4v) is 2.86. The summed E-state index contributed by atoms with van der Waals surface area (Å²) in [5, 5.41) is 3.40. The summed E-state index contributed by atoms with van der Waals surface area (Å²) in [5.74, 6) is 1.58. The first-order chi connectivity index (χ1) is 13.2. The lowest BCUT2D eigenvalue weighted by molar-refractivity contribution is 0.410. The third-order valence-corrected chi connectivity index (χ3v) is 4.27. The molecule has 0 bridgehead atoms. The molecule has 1 aromatic heterocycles. The monoisotopic (exact) mass is 360 g/mol. The third-order valence-electron chi connectivity index (χ3n) is 4.27. The number of hydrogen-bond donors (Lipinski definition) is 1. The minimum absolute atomic E-state index is 0.696. The van der Waals surface area contributed by atoms with Crippen LogP contribution in [0.3, 0.4) is 0 Å². The van der Waals surface area contributed by atoms with Crippen molar-refractivity contribution in [2.45, 2.75) is 20.3 Å². The molecule has 0 aliphatic carbocycles. The van der Waals surface area contributed by atoms with Crippen molar-refractivity contribution < 1.29 is 4.74 Å². The number of aryl methyl sites for hydroxylation is 1. The van der Waals surface area contributed by atoms with Crippen LogP contribution in [0, 0.1) is 0 Å². The molecule has 27 heavy (non-hydrogen) atoms. The van der Waals surface area contributed by atoms with E-state index in [9.17, 15) is 0 Å². The van der Waals surface area contributed by atoms with Crippen LogP contribution in [-0.2, 0) is 6.42 Å². The lowest BCUT2D eigenvalue weighted by Gasteiger charge is -2.26. The second kappa shape index (κ2) is 8.36. The molecular formula is C22H24N4O. The van der Waals surface area contributed by atoms with Crippen molar-refractivity contribution in [3.63, 3.8) is 0 Å². The molecule has 0 saturated carbocycles. The topological polar surface area (TPSA) is 49.8 Å². The number of amidine groups is 1. The van der Waals surface area contributed by atoms with Crippen molar-refractivity contribution in [1.29, 1.82) is 0 Å². The van der Waals surface area contributed by atoms with Crippen molar-refractivity contribution in [3.05, 3.63) is 84.6 Å². The van der Waals surface area contributed by atoms with E-state index in [1.807, 2.05) is 54.6 Å².